The SMILES string of the molecule is CCCCC(CC(=O)c1cnc(N2CCCN(C)CC2)s1)Cc1c[nH]c2ccccc12.CCCCC(CC(=O)c1nnc(C2CCN(C)CC2)s1)Cc1c[nH]c2ccccc12.CCCCC(CC(=O)c1nnc(N2CCCC2)s1)Cc1c[nH]c2ccccc12.CCCCC(Cc1c[nH]c2ccccc12)N(C)C(=O)c1nnc(N2CCN(C)CC2)s1. The molecular formula is C94H126N18O4S4. The normalized spacial score (nSPS) is 16.2. The zero-order valence-electron chi connectivity index (χ0n) is 72.0. The number of unbranched alkanes of at least 4 members (excludes halogenated alkanes) is 4. The highest BCUT2D eigenvalue weighted by Gasteiger charge is 2.31. The Kier molecular flexibility index (Phi) is 33.2. The van der Waals surface area contributed by atoms with E-state index >= 15 is 0 Å². The topological polar surface area (TPSA) is 244 Å². The van der Waals surface area contributed by atoms with Crippen molar-refractivity contribution in [2.75, 3.05) is 121 Å². The van der Waals surface area contributed by atoms with Gasteiger partial charge in [0.2, 0.25) is 15.3 Å². The molecule has 0 saturated carbocycles. The molecule has 4 aliphatic rings. The molecule has 640 valence electrons. The molecule has 4 saturated heterocycles. The molecule has 12 heterocycles. The predicted octanol–water partition coefficient (Wildman–Crippen LogP) is 19.7. The van der Waals surface area contributed by atoms with E-state index in [2.05, 4.69) is 243 Å². The number of anilines is 3. The molecule has 0 bridgehead atoms. The number of para-hydroxylation sites is 4. The third-order valence-electron chi connectivity index (χ3n) is 24.7. The largest absolute Gasteiger partial charge is 0.361 e. The van der Waals surface area contributed by atoms with Gasteiger partial charge in [-0.3, -0.25) is 19.2 Å². The molecule has 4 N–H and O–H groups in total. The minimum Gasteiger partial charge on any atom is -0.361 e. The Morgan fingerprint density at radius 1 is 0.408 bits per heavy atom. The Balaban J connectivity index is 0.000000138. The standard InChI is InChI=1S/C25H34N4OS.C24H32N4OS.C23H32N6OS.C22H28N4OS/c1-3-4-8-19(15-20-17-26-22-10-6-5-9-21(20)22)16-23(30)24-18-27-25(31-24)29-12-7-11-28(2)13-14-29;1-3-4-7-17(14-19-16-25-21-9-6-5-8-20(19)21)15-22(29)24-27-26-23(30-24)18-10-12-28(2)13-11-18;1-4-5-8-18(15-17-16-24-20-10-7-6-9-19(17)20)28(3)22(30)21-25-26-23(31-21)29-13-11-27(2)12-14-29;1-2-3-8-16(13-17-15-23-19-10-5-4-9-18(17)19)14-20(27)21-24-25-22(28-21)26-11-6-7-12-26/h5-6,9-10,17-19,26H,3-4,7-8,11-16H2,1-2H3;5-6,8-9,16-18,25H,3-4,7,10-15H2,1-2H3;6-7,9-10,16,18,24H,4-5,8,11-15H2,1-3H3;4-5,9-10,15-16,23H,2-3,6-8,11-14H2,1H3. The quantitative estimate of drug-likeness (QED) is 0.0270. The predicted molar refractivity (Wildman–Crippen MR) is 496 cm³/mol. The van der Waals surface area contributed by atoms with E-state index in [1.807, 2.05) is 24.1 Å². The highest BCUT2D eigenvalue weighted by molar-refractivity contribution is 7.18. The van der Waals surface area contributed by atoms with Crippen LogP contribution in [0.4, 0.5) is 15.4 Å². The van der Waals surface area contributed by atoms with Gasteiger partial charge < -0.3 is 54.2 Å². The lowest BCUT2D eigenvalue weighted by Crippen LogP contribution is -2.44. The van der Waals surface area contributed by atoms with Gasteiger partial charge in [0.15, 0.2) is 32.5 Å². The lowest BCUT2D eigenvalue weighted by molar-refractivity contribution is 0.0719. The van der Waals surface area contributed by atoms with E-state index in [0.717, 1.165) is 237 Å². The summed E-state index contributed by atoms with van der Waals surface area (Å²) in [6, 6.07) is 33.7. The number of piperidine rings is 1. The molecule has 4 unspecified atom stereocenters. The van der Waals surface area contributed by atoms with E-state index in [0.29, 0.717) is 58.0 Å². The number of rotatable bonds is 35. The molecule has 16 rings (SSSR count). The minimum atomic E-state index is -0.0289. The third kappa shape index (κ3) is 24.3. The number of fused-ring (bicyclic) bond motifs is 4. The van der Waals surface area contributed by atoms with E-state index in [-0.39, 0.29) is 29.3 Å². The summed E-state index contributed by atoms with van der Waals surface area (Å²) in [5, 5.41) is 36.3. The van der Waals surface area contributed by atoms with Crippen molar-refractivity contribution in [1.82, 2.24) is 75.1 Å². The van der Waals surface area contributed by atoms with Crippen LogP contribution in [0, 0.1) is 17.8 Å². The zero-order valence-corrected chi connectivity index (χ0v) is 75.3. The number of nitrogens with zero attached hydrogens (tertiary/aromatic N) is 14. The highest BCUT2D eigenvalue weighted by Crippen LogP contribution is 2.36. The number of benzene rings is 4. The molecule has 120 heavy (non-hydrogen) atoms. The lowest BCUT2D eigenvalue weighted by Gasteiger charge is -2.31. The van der Waals surface area contributed by atoms with Crippen LogP contribution in [0.2, 0.25) is 0 Å². The van der Waals surface area contributed by atoms with Crippen molar-refractivity contribution >= 4 is 128 Å². The fourth-order valence-electron chi connectivity index (χ4n) is 17.3. The van der Waals surface area contributed by atoms with Crippen molar-refractivity contribution in [3.05, 3.63) is 175 Å². The summed E-state index contributed by atoms with van der Waals surface area (Å²) in [5.41, 5.74) is 9.84. The van der Waals surface area contributed by atoms with Gasteiger partial charge in [0.1, 0.15) is 5.01 Å². The molecule has 22 nitrogen and oxygen atoms in total. The number of piperazine rings is 1. The van der Waals surface area contributed by atoms with Gasteiger partial charge in [0, 0.05) is 166 Å². The molecule has 0 radical (unpaired) electrons. The minimum absolute atomic E-state index is 0.0289. The number of amides is 1. The van der Waals surface area contributed by atoms with Gasteiger partial charge in [-0.2, -0.15) is 0 Å². The number of ketones is 3. The van der Waals surface area contributed by atoms with E-state index in [1.54, 1.807) is 17.5 Å². The molecule has 0 spiro atoms. The lowest BCUT2D eigenvalue weighted by atomic mass is 9.89. The van der Waals surface area contributed by atoms with Crippen molar-refractivity contribution in [2.24, 2.45) is 17.8 Å². The first kappa shape index (κ1) is 88.9. The van der Waals surface area contributed by atoms with Gasteiger partial charge in [-0.1, -0.05) is 197 Å². The van der Waals surface area contributed by atoms with Crippen LogP contribution in [0.1, 0.15) is 228 Å². The Labute approximate surface area is 725 Å². The summed E-state index contributed by atoms with van der Waals surface area (Å²) < 4.78 is 0. The number of hydrogen-bond donors (Lipinski definition) is 4. The smallest absolute Gasteiger partial charge is 0.284 e. The number of aromatic nitrogens is 11. The molecule has 0 aliphatic carbocycles. The molecule has 1 amide bonds. The molecule has 8 aromatic heterocycles. The fourth-order valence-corrected chi connectivity index (χ4v) is 20.9. The average molecular weight is 1700 g/mol. The van der Waals surface area contributed by atoms with E-state index in [1.165, 1.54) is 102 Å². The Bertz CT molecular complexity index is 5160. The maximum Gasteiger partial charge on any atom is 0.284 e. The molecule has 26 heteroatoms. The molecule has 4 atom stereocenters. The molecular weight excluding hydrogens is 1570 g/mol. The number of thiazole rings is 1. The number of carbonyl (C=O) groups is 4. The van der Waals surface area contributed by atoms with Gasteiger partial charge in [0.05, 0.1) is 11.1 Å². The number of carbonyl (C=O) groups excluding carboxylic acids is 4. The average Bonchev–Trinajstić information content (AvgIpc) is 1.66. The van der Waals surface area contributed by atoms with Gasteiger partial charge in [-0.15, -0.1) is 30.6 Å². The molecule has 4 aliphatic heterocycles. The summed E-state index contributed by atoms with van der Waals surface area (Å²) in [6.07, 6.45) is 34.6. The number of Topliss-reactive ketones (excluding diaryl/α,β-unsaturated/α-hetero) is 3. The summed E-state index contributed by atoms with van der Waals surface area (Å²) in [6.45, 7) is 21.1. The van der Waals surface area contributed by atoms with Crippen LogP contribution >= 0.6 is 45.3 Å². The second-order valence-electron chi connectivity index (χ2n) is 33.8. The monoisotopic (exact) mass is 1700 g/mol. The van der Waals surface area contributed by atoms with Crippen LogP contribution in [-0.2, 0) is 25.7 Å². The van der Waals surface area contributed by atoms with Crippen LogP contribution in [0.15, 0.2) is 128 Å². The third-order valence-corrected chi connectivity index (χ3v) is 28.9. The van der Waals surface area contributed by atoms with Crippen LogP contribution in [0.3, 0.4) is 0 Å². The summed E-state index contributed by atoms with van der Waals surface area (Å²) in [7, 11) is 8.37. The number of likely N-dealkylation sites (N-methyl/N-ethyl adjacent to an activating group) is 3. The number of likely N-dealkylation sites (tertiary alicyclic amines) is 1. The van der Waals surface area contributed by atoms with Gasteiger partial charge in [0.25, 0.3) is 5.91 Å². The van der Waals surface area contributed by atoms with Crippen molar-refractivity contribution in [3.63, 3.8) is 0 Å². The maximum atomic E-state index is 13.3. The highest BCUT2D eigenvalue weighted by atomic mass is 32.1. The van der Waals surface area contributed by atoms with Crippen LogP contribution in [-0.4, -0.2) is 211 Å². The van der Waals surface area contributed by atoms with Crippen LogP contribution in [0.5, 0.6) is 0 Å². The Morgan fingerprint density at radius 3 is 1.27 bits per heavy atom. The van der Waals surface area contributed by atoms with Gasteiger partial charge in [-0.25, -0.2) is 4.98 Å². The molecule has 12 aromatic rings. The van der Waals surface area contributed by atoms with Crippen LogP contribution in [0.25, 0.3) is 43.6 Å². The number of hydrogen-bond acceptors (Lipinski definition) is 21. The van der Waals surface area contributed by atoms with Gasteiger partial charge in [-0.05, 0) is 189 Å². The van der Waals surface area contributed by atoms with E-state index in [9.17, 15) is 19.2 Å². The maximum absolute atomic E-state index is 13.3. The van der Waals surface area contributed by atoms with Crippen molar-refractivity contribution in [2.45, 2.75) is 194 Å². The van der Waals surface area contributed by atoms with Gasteiger partial charge >= 0.3 is 0 Å². The first-order valence-electron chi connectivity index (χ1n) is 44.4. The zero-order chi connectivity index (χ0) is 83.7. The first-order valence-corrected chi connectivity index (χ1v) is 47.7. The molecule has 4 fully saturated rings. The number of aromatic amines is 4. The first-order chi connectivity index (χ1) is 58.6. The second-order valence-corrected chi connectivity index (χ2v) is 37.7. The van der Waals surface area contributed by atoms with E-state index in [4.69, 9.17) is 0 Å². The van der Waals surface area contributed by atoms with Crippen molar-refractivity contribution in [1.29, 1.82) is 0 Å². The molecule has 4 aromatic carbocycles. The summed E-state index contributed by atoms with van der Waals surface area (Å²) >= 11 is 5.98. The fraction of sp³-hybridized carbons (Fsp3) is 0.521. The summed E-state index contributed by atoms with van der Waals surface area (Å²) in [4.78, 5) is 87.0. The van der Waals surface area contributed by atoms with Crippen LogP contribution < -0.4 is 14.7 Å². The van der Waals surface area contributed by atoms with Crippen molar-refractivity contribution in [3.8, 4) is 0 Å². The van der Waals surface area contributed by atoms with E-state index < -0.39 is 0 Å². The second kappa shape index (κ2) is 44.8. The Morgan fingerprint density at radius 2 is 0.792 bits per heavy atom. The Hall–Kier alpha value is -8.89. The van der Waals surface area contributed by atoms with Crippen molar-refractivity contribution < 1.29 is 19.2 Å². The number of nitrogens with one attached hydrogen (secondary N) is 4. The summed E-state index contributed by atoms with van der Waals surface area (Å²) in [5.74, 6) is 2.02. The number of H-pyrrole nitrogens is 4.